The van der Waals surface area contributed by atoms with Crippen molar-refractivity contribution >= 4 is 17.5 Å². The van der Waals surface area contributed by atoms with Gasteiger partial charge in [-0.2, -0.15) is 0 Å². The van der Waals surface area contributed by atoms with Crippen LogP contribution in [0, 0.1) is 0 Å². The predicted octanol–water partition coefficient (Wildman–Crippen LogP) is 3.79. The SMILES string of the molecule is CCOc1ccccc1NC(=O)NCc1ccnc(N2CCCCC2)c1. The van der Waals surface area contributed by atoms with E-state index in [4.69, 9.17) is 4.74 Å². The number of urea groups is 1. The molecule has 1 aliphatic rings. The lowest BCUT2D eigenvalue weighted by Gasteiger charge is -2.27. The molecule has 2 amide bonds. The predicted molar refractivity (Wildman–Crippen MR) is 104 cm³/mol. The van der Waals surface area contributed by atoms with E-state index >= 15 is 0 Å². The molecule has 0 spiro atoms. The van der Waals surface area contributed by atoms with Crippen molar-refractivity contribution in [2.45, 2.75) is 32.7 Å². The van der Waals surface area contributed by atoms with Crippen LogP contribution in [-0.4, -0.2) is 30.7 Å². The molecule has 138 valence electrons. The van der Waals surface area contributed by atoms with Crippen LogP contribution >= 0.6 is 0 Å². The summed E-state index contributed by atoms with van der Waals surface area (Å²) >= 11 is 0. The second-order valence-electron chi connectivity index (χ2n) is 6.31. The van der Waals surface area contributed by atoms with Gasteiger partial charge in [-0.05, 0) is 56.0 Å². The summed E-state index contributed by atoms with van der Waals surface area (Å²) in [6, 6.07) is 11.1. The van der Waals surface area contributed by atoms with Crippen LogP contribution in [0.3, 0.4) is 0 Å². The van der Waals surface area contributed by atoms with Crippen LogP contribution < -0.4 is 20.3 Å². The zero-order valence-corrected chi connectivity index (χ0v) is 15.2. The number of nitrogens with one attached hydrogen (secondary N) is 2. The summed E-state index contributed by atoms with van der Waals surface area (Å²) in [6.45, 7) is 5.03. The van der Waals surface area contributed by atoms with Gasteiger partial charge < -0.3 is 20.3 Å². The molecular weight excluding hydrogens is 328 g/mol. The van der Waals surface area contributed by atoms with Crippen LogP contribution in [0.2, 0.25) is 0 Å². The minimum Gasteiger partial charge on any atom is -0.492 e. The van der Waals surface area contributed by atoms with E-state index < -0.39 is 0 Å². The lowest BCUT2D eigenvalue weighted by molar-refractivity contribution is 0.251. The highest BCUT2D eigenvalue weighted by molar-refractivity contribution is 5.90. The van der Waals surface area contributed by atoms with Crippen molar-refractivity contribution in [2.24, 2.45) is 0 Å². The number of carbonyl (C=O) groups is 1. The average molecular weight is 354 g/mol. The van der Waals surface area contributed by atoms with E-state index in [9.17, 15) is 4.79 Å². The van der Waals surface area contributed by atoms with E-state index in [2.05, 4.69) is 26.6 Å². The highest BCUT2D eigenvalue weighted by Crippen LogP contribution is 2.23. The number of para-hydroxylation sites is 2. The molecule has 1 aromatic heterocycles. The molecule has 6 heteroatoms. The van der Waals surface area contributed by atoms with Gasteiger partial charge in [0, 0.05) is 25.8 Å². The summed E-state index contributed by atoms with van der Waals surface area (Å²) < 4.78 is 5.53. The summed E-state index contributed by atoms with van der Waals surface area (Å²) in [5.41, 5.74) is 1.70. The molecule has 2 heterocycles. The Morgan fingerprint density at radius 1 is 1.19 bits per heavy atom. The summed E-state index contributed by atoms with van der Waals surface area (Å²) in [5.74, 6) is 1.66. The summed E-state index contributed by atoms with van der Waals surface area (Å²) in [6.07, 6.45) is 5.53. The van der Waals surface area contributed by atoms with Gasteiger partial charge in [-0.15, -0.1) is 0 Å². The number of carbonyl (C=O) groups excluding carboxylic acids is 1. The van der Waals surface area contributed by atoms with Crippen LogP contribution in [0.1, 0.15) is 31.7 Å². The molecule has 3 rings (SSSR count). The number of anilines is 2. The van der Waals surface area contributed by atoms with Crippen molar-refractivity contribution in [3.63, 3.8) is 0 Å². The van der Waals surface area contributed by atoms with Gasteiger partial charge in [0.25, 0.3) is 0 Å². The Morgan fingerprint density at radius 3 is 2.81 bits per heavy atom. The minimum atomic E-state index is -0.256. The average Bonchev–Trinajstić information content (AvgIpc) is 2.69. The number of benzene rings is 1. The second kappa shape index (κ2) is 9.08. The zero-order valence-electron chi connectivity index (χ0n) is 15.2. The molecule has 1 saturated heterocycles. The molecule has 0 radical (unpaired) electrons. The van der Waals surface area contributed by atoms with Crippen LogP contribution in [0.15, 0.2) is 42.6 Å². The van der Waals surface area contributed by atoms with E-state index in [-0.39, 0.29) is 6.03 Å². The van der Waals surface area contributed by atoms with Crippen molar-refractivity contribution in [2.75, 3.05) is 29.9 Å². The summed E-state index contributed by atoms with van der Waals surface area (Å²) in [4.78, 5) is 19.0. The maximum absolute atomic E-state index is 12.2. The number of ether oxygens (including phenoxy) is 1. The Balaban J connectivity index is 1.56. The van der Waals surface area contributed by atoms with Gasteiger partial charge in [-0.3, -0.25) is 0 Å². The molecule has 0 aliphatic carbocycles. The smallest absolute Gasteiger partial charge is 0.319 e. The number of piperidine rings is 1. The van der Waals surface area contributed by atoms with E-state index in [0.29, 0.717) is 24.6 Å². The first-order chi connectivity index (χ1) is 12.8. The molecule has 6 nitrogen and oxygen atoms in total. The van der Waals surface area contributed by atoms with E-state index in [1.807, 2.05) is 43.5 Å². The standard InChI is InChI=1S/C20H26N4O2/c1-2-26-18-9-5-4-8-17(18)23-20(25)22-15-16-10-11-21-19(14-16)24-12-6-3-7-13-24/h4-5,8-11,14H,2-3,6-7,12-13,15H2,1H3,(H2,22,23,25). The fraction of sp³-hybridized carbons (Fsp3) is 0.400. The molecule has 1 fully saturated rings. The van der Waals surface area contributed by atoms with Crippen LogP contribution in [0.4, 0.5) is 16.3 Å². The van der Waals surface area contributed by atoms with Crippen LogP contribution in [-0.2, 0) is 6.54 Å². The Bertz CT molecular complexity index is 729. The van der Waals surface area contributed by atoms with E-state index in [1.54, 1.807) is 0 Å². The molecular formula is C20H26N4O2. The number of pyridine rings is 1. The largest absolute Gasteiger partial charge is 0.492 e. The van der Waals surface area contributed by atoms with Crippen molar-refractivity contribution < 1.29 is 9.53 Å². The third-order valence-corrected chi connectivity index (χ3v) is 4.38. The Hall–Kier alpha value is -2.76. The molecule has 0 saturated carbocycles. The number of hydrogen-bond donors (Lipinski definition) is 2. The summed E-state index contributed by atoms with van der Waals surface area (Å²) in [5, 5.41) is 5.74. The Labute approximate surface area is 154 Å². The van der Waals surface area contributed by atoms with Crippen LogP contribution in [0.5, 0.6) is 5.75 Å². The van der Waals surface area contributed by atoms with Gasteiger partial charge in [0.1, 0.15) is 11.6 Å². The van der Waals surface area contributed by atoms with E-state index in [1.165, 1.54) is 19.3 Å². The van der Waals surface area contributed by atoms with Crippen molar-refractivity contribution in [1.82, 2.24) is 10.3 Å². The Morgan fingerprint density at radius 2 is 2.00 bits per heavy atom. The summed E-state index contributed by atoms with van der Waals surface area (Å²) in [7, 11) is 0. The fourth-order valence-electron chi connectivity index (χ4n) is 3.07. The fourth-order valence-corrected chi connectivity index (χ4v) is 3.07. The van der Waals surface area contributed by atoms with Gasteiger partial charge in [-0.25, -0.2) is 9.78 Å². The first-order valence-electron chi connectivity index (χ1n) is 9.23. The number of amides is 2. The first-order valence-corrected chi connectivity index (χ1v) is 9.23. The zero-order chi connectivity index (χ0) is 18.2. The maximum atomic E-state index is 12.2. The monoisotopic (exact) mass is 354 g/mol. The topological polar surface area (TPSA) is 66.5 Å². The highest BCUT2D eigenvalue weighted by Gasteiger charge is 2.12. The number of hydrogen-bond acceptors (Lipinski definition) is 4. The lowest BCUT2D eigenvalue weighted by atomic mass is 10.1. The van der Waals surface area contributed by atoms with Crippen molar-refractivity contribution in [3.8, 4) is 5.75 Å². The van der Waals surface area contributed by atoms with Gasteiger partial charge in [0.15, 0.2) is 0 Å². The number of rotatable bonds is 6. The Kier molecular flexibility index (Phi) is 6.30. The molecule has 2 N–H and O–H groups in total. The molecule has 2 aromatic rings. The maximum Gasteiger partial charge on any atom is 0.319 e. The molecule has 0 atom stereocenters. The van der Waals surface area contributed by atoms with Gasteiger partial charge in [0.2, 0.25) is 0 Å². The minimum absolute atomic E-state index is 0.256. The molecule has 1 aliphatic heterocycles. The van der Waals surface area contributed by atoms with Crippen molar-refractivity contribution in [3.05, 3.63) is 48.2 Å². The molecule has 1 aromatic carbocycles. The molecule has 26 heavy (non-hydrogen) atoms. The quantitative estimate of drug-likeness (QED) is 0.828. The first kappa shape index (κ1) is 18.0. The van der Waals surface area contributed by atoms with Crippen molar-refractivity contribution in [1.29, 1.82) is 0 Å². The molecule has 0 bridgehead atoms. The lowest BCUT2D eigenvalue weighted by Crippen LogP contribution is -2.31. The molecule has 0 unspecified atom stereocenters. The number of nitrogens with zero attached hydrogens (tertiary/aromatic N) is 2. The third kappa shape index (κ3) is 4.88. The number of aromatic nitrogens is 1. The highest BCUT2D eigenvalue weighted by atomic mass is 16.5. The van der Waals surface area contributed by atoms with Crippen LogP contribution in [0.25, 0.3) is 0 Å². The van der Waals surface area contributed by atoms with Gasteiger partial charge >= 0.3 is 6.03 Å². The third-order valence-electron chi connectivity index (χ3n) is 4.38. The van der Waals surface area contributed by atoms with Gasteiger partial charge in [0.05, 0.1) is 12.3 Å². The normalized spacial score (nSPS) is 14.0. The van der Waals surface area contributed by atoms with Gasteiger partial charge in [-0.1, -0.05) is 12.1 Å². The second-order valence-corrected chi connectivity index (χ2v) is 6.31. The van der Waals surface area contributed by atoms with E-state index in [0.717, 1.165) is 24.5 Å².